The van der Waals surface area contributed by atoms with Crippen molar-refractivity contribution in [1.82, 2.24) is 0 Å². The van der Waals surface area contributed by atoms with E-state index >= 15 is 0 Å². The Labute approximate surface area is 165 Å². The van der Waals surface area contributed by atoms with Crippen LogP contribution in [-0.4, -0.2) is 30.1 Å². The van der Waals surface area contributed by atoms with Gasteiger partial charge in [0.15, 0.2) is 0 Å². The Morgan fingerprint density at radius 1 is 0.538 bits per heavy atom. The first-order chi connectivity index (χ1) is 12.7. The van der Waals surface area contributed by atoms with Crippen LogP contribution < -0.4 is 0 Å². The Morgan fingerprint density at radius 3 is 1.15 bits per heavy atom. The average Bonchev–Trinajstić information content (AvgIpc) is 2.66. The average molecular weight is 389 g/mol. The number of rotatable bonds is 20. The van der Waals surface area contributed by atoms with Gasteiger partial charge in [0.2, 0.25) is 0 Å². The highest BCUT2D eigenvalue weighted by Crippen LogP contribution is 2.29. The molecule has 3 nitrogen and oxygen atoms in total. The molecule has 0 aromatic carbocycles. The van der Waals surface area contributed by atoms with Crippen molar-refractivity contribution in [1.29, 1.82) is 0 Å². The Morgan fingerprint density at radius 2 is 0.846 bits per heavy atom. The van der Waals surface area contributed by atoms with Crippen molar-refractivity contribution in [2.24, 2.45) is 0 Å². The molecule has 0 aliphatic carbocycles. The maximum absolute atomic E-state index is 5.57. The van der Waals surface area contributed by atoms with Crippen LogP contribution in [0.3, 0.4) is 0 Å². The maximum atomic E-state index is 5.57. The zero-order chi connectivity index (χ0) is 19.5. The van der Waals surface area contributed by atoms with Crippen LogP contribution in [0.2, 0.25) is 5.54 Å². The molecule has 0 aliphatic rings. The quantitative estimate of drug-likeness (QED) is 0.159. The highest BCUT2D eigenvalue weighted by atomic mass is 28.4. The monoisotopic (exact) mass is 388 g/mol. The van der Waals surface area contributed by atoms with E-state index < -0.39 is 8.80 Å². The van der Waals surface area contributed by atoms with Crippen LogP contribution in [0.5, 0.6) is 0 Å². The van der Waals surface area contributed by atoms with E-state index in [2.05, 4.69) is 13.8 Å². The second-order valence-corrected chi connectivity index (χ2v) is 11.3. The molecule has 0 N–H and O–H groups in total. The molecule has 0 saturated carbocycles. The first kappa shape index (κ1) is 26.1. The van der Waals surface area contributed by atoms with Crippen molar-refractivity contribution in [3.63, 3.8) is 0 Å². The van der Waals surface area contributed by atoms with Gasteiger partial charge in [-0.25, -0.2) is 0 Å². The lowest BCUT2D eigenvalue weighted by Crippen LogP contribution is -2.46. The zero-order valence-corrected chi connectivity index (χ0v) is 19.6. The molecule has 0 aromatic rings. The molecular formula is C22H48O3Si. The summed E-state index contributed by atoms with van der Waals surface area (Å²) in [5.74, 6) is 0. The molecule has 1 atom stereocenters. The molecular weight excluding hydrogens is 340 g/mol. The fourth-order valence-corrected chi connectivity index (χ4v) is 6.12. The molecule has 0 spiro atoms. The van der Waals surface area contributed by atoms with Crippen molar-refractivity contribution < 1.29 is 13.3 Å². The number of hydrogen-bond donors (Lipinski definition) is 0. The molecule has 0 radical (unpaired) electrons. The van der Waals surface area contributed by atoms with Gasteiger partial charge in [-0.1, -0.05) is 110 Å². The summed E-state index contributed by atoms with van der Waals surface area (Å²) in [5.41, 5.74) is 0.379. The van der Waals surface area contributed by atoms with Crippen LogP contribution in [0.4, 0.5) is 0 Å². The highest BCUT2D eigenvalue weighted by Gasteiger charge is 2.43. The van der Waals surface area contributed by atoms with E-state index in [1.165, 1.54) is 96.3 Å². The third-order valence-corrected chi connectivity index (χ3v) is 8.90. The van der Waals surface area contributed by atoms with Gasteiger partial charge in [-0.15, -0.1) is 0 Å². The van der Waals surface area contributed by atoms with Crippen LogP contribution in [0.25, 0.3) is 0 Å². The molecule has 0 aromatic heterocycles. The summed E-state index contributed by atoms with van der Waals surface area (Å²) in [4.78, 5) is 0. The molecule has 26 heavy (non-hydrogen) atoms. The third kappa shape index (κ3) is 12.5. The van der Waals surface area contributed by atoms with Crippen LogP contribution in [0.1, 0.15) is 117 Å². The first-order valence-electron chi connectivity index (χ1n) is 11.3. The fourth-order valence-electron chi connectivity index (χ4n) is 3.85. The summed E-state index contributed by atoms with van der Waals surface area (Å²) in [6.07, 6.45) is 22.3. The summed E-state index contributed by atoms with van der Waals surface area (Å²) >= 11 is 0. The van der Waals surface area contributed by atoms with Gasteiger partial charge in [0.05, 0.1) is 0 Å². The van der Waals surface area contributed by atoms with Crippen molar-refractivity contribution in [2.75, 3.05) is 21.3 Å². The van der Waals surface area contributed by atoms with Gasteiger partial charge in [-0.2, -0.15) is 0 Å². The van der Waals surface area contributed by atoms with Gasteiger partial charge >= 0.3 is 8.80 Å². The summed E-state index contributed by atoms with van der Waals surface area (Å²) < 4.78 is 16.7. The number of hydrogen-bond acceptors (Lipinski definition) is 3. The highest BCUT2D eigenvalue weighted by molar-refractivity contribution is 6.62. The molecule has 4 heteroatoms. The van der Waals surface area contributed by atoms with Crippen molar-refractivity contribution >= 4 is 8.80 Å². The van der Waals surface area contributed by atoms with E-state index in [1.54, 1.807) is 21.3 Å². The lowest BCUT2D eigenvalue weighted by Gasteiger charge is -2.30. The van der Waals surface area contributed by atoms with E-state index in [-0.39, 0.29) is 0 Å². The minimum atomic E-state index is -2.43. The first-order valence-corrected chi connectivity index (χ1v) is 13.1. The Kier molecular flexibility index (Phi) is 18.5. The predicted octanol–water partition coefficient (Wildman–Crippen LogP) is 7.52. The van der Waals surface area contributed by atoms with Crippen molar-refractivity contribution in [2.45, 2.75) is 122 Å². The lowest BCUT2D eigenvalue weighted by atomic mass is 10.0. The Hall–Kier alpha value is 0.0969. The molecule has 0 aliphatic heterocycles. The van der Waals surface area contributed by atoms with E-state index in [9.17, 15) is 0 Å². The van der Waals surface area contributed by atoms with Gasteiger partial charge in [-0.05, 0) is 6.42 Å². The lowest BCUT2D eigenvalue weighted by molar-refractivity contribution is 0.111. The zero-order valence-electron chi connectivity index (χ0n) is 18.6. The fraction of sp³-hybridized carbons (Fsp3) is 1.00. The Balaban J connectivity index is 3.36. The normalized spacial score (nSPS) is 13.3. The number of unbranched alkanes of at least 4 members (excludes halogenated alkanes) is 14. The smallest absolute Gasteiger partial charge is 0.377 e. The Bertz CT molecular complexity index is 274. The molecule has 0 fully saturated rings. The summed E-state index contributed by atoms with van der Waals surface area (Å²) in [7, 11) is 2.70. The third-order valence-electron chi connectivity index (χ3n) is 5.70. The van der Waals surface area contributed by atoms with Crippen molar-refractivity contribution in [3.05, 3.63) is 0 Å². The van der Waals surface area contributed by atoms with Crippen molar-refractivity contribution in [3.8, 4) is 0 Å². The molecule has 0 saturated heterocycles. The summed E-state index contributed by atoms with van der Waals surface area (Å²) in [6, 6.07) is 0. The SMILES string of the molecule is CCCCCCCCCCCCCCCCCC(C)[Si](OC)(OC)OC. The van der Waals surface area contributed by atoms with Crippen LogP contribution in [-0.2, 0) is 13.3 Å². The van der Waals surface area contributed by atoms with Crippen LogP contribution in [0, 0.1) is 0 Å². The van der Waals surface area contributed by atoms with E-state index in [0.29, 0.717) is 5.54 Å². The topological polar surface area (TPSA) is 27.7 Å². The second-order valence-electron chi connectivity index (χ2n) is 7.86. The molecule has 0 amide bonds. The second kappa shape index (κ2) is 18.5. The molecule has 0 heterocycles. The minimum Gasteiger partial charge on any atom is -0.377 e. The minimum absolute atomic E-state index is 0.379. The van der Waals surface area contributed by atoms with Gasteiger partial charge in [-0.3, -0.25) is 0 Å². The van der Waals surface area contributed by atoms with E-state index in [1.807, 2.05) is 0 Å². The molecule has 158 valence electrons. The summed E-state index contributed by atoms with van der Waals surface area (Å²) in [6.45, 7) is 4.49. The van der Waals surface area contributed by atoms with Gasteiger partial charge in [0, 0.05) is 26.9 Å². The standard InChI is InChI=1S/C22H48O3Si/c1-6-7-8-9-10-11-12-13-14-15-16-17-18-19-20-21-22(2)26(23-3,24-4)25-5/h22H,6-21H2,1-5H3. The maximum Gasteiger partial charge on any atom is 0.503 e. The predicted molar refractivity (Wildman–Crippen MR) is 116 cm³/mol. The van der Waals surface area contributed by atoms with Gasteiger partial charge in [0.25, 0.3) is 0 Å². The van der Waals surface area contributed by atoms with Gasteiger partial charge in [0.1, 0.15) is 0 Å². The van der Waals surface area contributed by atoms with Gasteiger partial charge < -0.3 is 13.3 Å². The van der Waals surface area contributed by atoms with Crippen LogP contribution in [0.15, 0.2) is 0 Å². The van der Waals surface area contributed by atoms with E-state index in [0.717, 1.165) is 6.42 Å². The summed E-state index contributed by atoms with van der Waals surface area (Å²) in [5, 5.41) is 0. The largest absolute Gasteiger partial charge is 0.503 e. The molecule has 0 bridgehead atoms. The molecule has 1 unspecified atom stereocenters. The van der Waals surface area contributed by atoms with Crippen LogP contribution >= 0.6 is 0 Å². The molecule has 0 rings (SSSR count). The van der Waals surface area contributed by atoms with E-state index in [4.69, 9.17) is 13.3 Å².